The van der Waals surface area contributed by atoms with Gasteiger partial charge in [-0.25, -0.2) is 0 Å². The molecule has 0 bridgehead atoms. The van der Waals surface area contributed by atoms with Gasteiger partial charge in [0, 0.05) is 101 Å². The standard InChI is InChI=1S/C78H48N4O2/c1-5-17-53(18-6-1)79(57-33-29-49-31-39-71-77(65(49)45-57)63-25-13-15-27-69(63)81(71)55-21-9-3-10-22-55)59-35-37-61-67-41-51-44-74-68(42-52(51)43-73(67)83-75(61)47-59)62-38-36-60(48-76(62)84-74)80(54-19-7-2-8-20-54)58-34-30-50-32-40-72-78(66(50)46-58)64-26-14-16-28-70(64)82(72)56-23-11-4-12-24-56/h1-48H. The van der Waals surface area contributed by atoms with E-state index >= 15 is 0 Å². The fraction of sp³-hybridized carbons (Fsp3) is 0. The zero-order chi connectivity index (χ0) is 55.0. The SMILES string of the molecule is c1ccc(N(c2ccc3c(c2)oc2cc4cc5c(cc4cc23)oc2cc(N(c3ccccc3)c3ccc4ccc6c(c4c3)c3ccccc3n6-c3ccccc3)ccc25)c2ccc3ccc4c(c3c2)c2ccccc2n4-c2ccccc2)cc1. The second-order valence-electron chi connectivity index (χ2n) is 22.1. The molecule has 18 aromatic rings. The van der Waals surface area contributed by atoms with Crippen LogP contribution < -0.4 is 9.80 Å². The summed E-state index contributed by atoms with van der Waals surface area (Å²) in [6.45, 7) is 0. The lowest BCUT2D eigenvalue weighted by molar-refractivity contribution is 0.668. The number of nitrogens with zero attached hydrogens (tertiary/aromatic N) is 4. The van der Waals surface area contributed by atoms with Gasteiger partial charge in [-0.05, 0) is 178 Å². The summed E-state index contributed by atoms with van der Waals surface area (Å²) in [6.07, 6.45) is 0. The van der Waals surface area contributed by atoms with Crippen LogP contribution in [0.2, 0.25) is 0 Å². The van der Waals surface area contributed by atoms with Gasteiger partial charge in [-0.1, -0.05) is 133 Å². The maximum absolute atomic E-state index is 6.88. The van der Waals surface area contributed by atoms with Gasteiger partial charge in [0.2, 0.25) is 0 Å². The molecule has 0 atom stereocenters. The van der Waals surface area contributed by atoms with E-state index in [1.807, 2.05) is 0 Å². The highest BCUT2D eigenvalue weighted by Gasteiger charge is 2.23. The molecule has 0 unspecified atom stereocenters. The van der Waals surface area contributed by atoms with Gasteiger partial charge in [0.15, 0.2) is 0 Å². The summed E-state index contributed by atoms with van der Waals surface area (Å²) >= 11 is 0. The van der Waals surface area contributed by atoms with Gasteiger partial charge >= 0.3 is 0 Å². The van der Waals surface area contributed by atoms with Crippen molar-refractivity contribution in [3.05, 3.63) is 291 Å². The van der Waals surface area contributed by atoms with Crippen molar-refractivity contribution in [1.82, 2.24) is 9.13 Å². The first-order valence-corrected chi connectivity index (χ1v) is 28.6. The van der Waals surface area contributed by atoms with Crippen LogP contribution in [-0.2, 0) is 0 Å². The first-order valence-electron chi connectivity index (χ1n) is 28.6. The highest BCUT2D eigenvalue weighted by atomic mass is 16.3. The van der Waals surface area contributed by atoms with Gasteiger partial charge in [0.05, 0.1) is 22.1 Å². The van der Waals surface area contributed by atoms with Crippen molar-refractivity contribution in [1.29, 1.82) is 0 Å². The summed E-state index contributed by atoms with van der Waals surface area (Å²) in [7, 11) is 0. The van der Waals surface area contributed by atoms with Crippen LogP contribution in [0.4, 0.5) is 34.1 Å². The number of benzene rings is 14. The van der Waals surface area contributed by atoms with E-state index < -0.39 is 0 Å². The second-order valence-corrected chi connectivity index (χ2v) is 22.1. The normalized spacial score (nSPS) is 12.0. The molecule has 0 amide bonds. The number of rotatable bonds is 8. The summed E-state index contributed by atoms with van der Waals surface area (Å²) < 4.78 is 18.5. The van der Waals surface area contributed by atoms with E-state index in [0.29, 0.717) is 0 Å². The Morgan fingerprint density at radius 1 is 0.214 bits per heavy atom. The van der Waals surface area contributed by atoms with Crippen molar-refractivity contribution in [3.8, 4) is 11.4 Å². The predicted octanol–water partition coefficient (Wildman–Crippen LogP) is 22.1. The summed E-state index contributed by atoms with van der Waals surface area (Å²) in [6, 6.07) is 105. The molecular weight excluding hydrogens is 1020 g/mol. The molecule has 0 radical (unpaired) electrons. The van der Waals surface area contributed by atoms with Crippen LogP contribution in [0.25, 0.3) is 131 Å². The monoisotopic (exact) mass is 1070 g/mol. The summed E-state index contributed by atoms with van der Waals surface area (Å²) in [5.74, 6) is 0. The van der Waals surface area contributed by atoms with Crippen molar-refractivity contribution in [2.75, 3.05) is 9.80 Å². The minimum Gasteiger partial charge on any atom is -0.456 e. The van der Waals surface area contributed by atoms with Crippen molar-refractivity contribution in [2.24, 2.45) is 0 Å². The van der Waals surface area contributed by atoms with Gasteiger partial charge in [0.25, 0.3) is 0 Å². The first-order chi connectivity index (χ1) is 41.6. The van der Waals surface area contributed by atoms with Crippen molar-refractivity contribution in [2.45, 2.75) is 0 Å². The summed E-state index contributed by atoms with van der Waals surface area (Å²) in [5, 5.41) is 16.1. The molecule has 14 aromatic carbocycles. The number of hydrogen-bond donors (Lipinski definition) is 0. The average Bonchev–Trinajstić information content (AvgIpc) is 1.95. The number of para-hydroxylation sites is 6. The second kappa shape index (κ2) is 18.1. The minimum absolute atomic E-state index is 0.826. The topological polar surface area (TPSA) is 42.6 Å². The summed E-state index contributed by atoms with van der Waals surface area (Å²) in [5.41, 5.74) is 16.6. The van der Waals surface area contributed by atoms with E-state index in [1.165, 1.54) is 65.2 Å². The van der Waals surface area contributed by atoms with Crippen LogP contribution >= 0.6 is 0 Å². The molecule has 0 N–H and O–H groups in total. The Balaban J connectivity index is 0.734. The molecule has 0 saturated carbocycles. The lowest BCUT2D eigenvalue weighted by Gasteiger charge is -2.26. The number of aromatic nitrogens is 2. The van der Waals surface area contributed by atoms with Crippen LogP contribution in [0.1, 0.15) is 0 Å². The molecule has 0 fully saturated rings. The largest absolute Gasteiger partial charge is 0.456 e. The Morgan fingerprint density at radius 3 is 1.01 bits per heavy atom. The van der Waals surface area contributed by atoms with E-state index in [-0.39, 0.29) is 0 Å². The van der Waals surface area contributed by atoms with E-state index in [9.17, 15) is 0 Å². The smallest absolute Gasteiger partial charge is 0.137 e. The summed E-state index contributed by atoms with van der Waals surface area (Å²) in [4.78, 5) is 4.68. The van der Waals surface area contributed by atoms with Crippen LogP contribution in [0, 0.1) is 0 Å². The molecule has 0 aliphatic carbocycles. The third-order valence-corrected chi connectivity index (χ3v) is 17.4. The molecule has 0 saturated heterocycles. The van der Waals surface area contributed by atoms with E-state index in [4.69, 9.17) is 8.83 Å². The van der Waals surface area contributed by atoms with Crippen LogP contribution in [0.3, 0.4) is 0 Å². The molecule has 4 heterocycles. The number of furan rings is 2. The Morgan fingerprint density at radius 2 is 0.571 bits per heavy atom. The maximum atomic E-state index is 6.88. The molecule has 0 spiro atoms. The average molecular weight is 1070 g/mol. The van der Waals surface area contributed by atoms with Crippen LogP contribution in [0.15, 0.2) is 300 Å². The number of anilines is 6. The lowest BCUT2D eigenvalue weighted by Crippen LogP contribution is -2.09. The van der Waals surface area contributed by atoms with Crippen LogP contribution in [-0.4, -0.2) is 9.13 Å². The van der Waals surface area contributed by atoms with Gasteiger partial charge in [0.1, 0.15) is 22.3 Å². The molecule has 6 heteroatoms. The fourth-order valence-electron chi connectivity index (χ4n) is 13.6. The van der Waals surface area contributed by atoms with Gasteiger partial charge in [-0.15, -0.1) is 0 Å². The predicted molar refractivity (Wildman–Crippen MR) is 352 cm³/mol. The molecule has 0 aliphatic heterocycles. The van der Waals surface area contributed by atoms with E-state index in [0.717, 1.165) is 100 Å². The Labute approximate surface area is 481 Å². The van der Waals surface area contributed by atoms with E-state index in [1.54, 1.807) is 0 Å². The fourth-order valence-corrected chi connectivity index (χ4v) is 13.6. The van der Waals surface area contributed by atoms with E-state index in [2.05, 4.69) is 310 Å². The zero-order valence-electron chi connectivity index (χ0n) is 45.3. The third kappa shape index (κ3) is 7.04. The number of hydrogen-bond acceptors (Lipinski definition) is 4. The molecule has 392 valence electrons. The molecule has 84 heavy (non-hydrogen) atoms. The third-order valence-electron chi connectivity index (χ3n) is 17.4. The molecule has 18 rings (SSSR count). The molecule has 0 aliphatic rings. The maximum Gasteiger partial charge on any atom is 0.137 e. The molecule has 4 aromatic heterocycles. The van der Waals surface area contributed by atoms with Crippen LogP contribution in [0.5, 0.6) is 0 Å². The zero-order valence-corrected chi connectivity index (χ0v) is 45.3. The lowest BCUT2D eigenvalue weighted by atomic mass is 10.0. The van der Waals surface area contributed by atoms with Crippen molar-refractivity contribution in [3.63, 3.8) is 0 Å². The van der Waals surface area contributed by atoms with Crippen molar-refractivity contribution >= 4 is 154 Å². The quantitative estimate of drug-likeness (QED) is 0.152. The highest BCUT2D eigenvalue weighted by molar-refractivity contribution is 6.24. The highest BCUT2D eigenvalue weighted by Crippen LogP contribution is 2.46. The van der Waals surface area contributed by atoms with Gasteiger partial charge in [-0.2, -0.15) is 0 Å². The Bertz CT molecular complexity index is 5330. The number of fused-ring (bicyclic) bond motifs is 17. The Kier molecular flexibility index (Phi) is 9.99. The van der Waals surface area contributed by atoms with Gasteiger partial charge < -0.3 is 27.8 Å². The Hall–Kier alpha value is -11.3. The first kappa shape index (κ1) is 46.4. The molecule has 6 nitrogen and oxygen atoms in total. The van der Waals surface area contributed by atoms with Crippen molar-refractivity contribution < 1.29 is 8.83 Å². The van der Waals surface area contributed by atoms with Gasteiger partial charge in [-0.3, -0.25) is 0 Å². The minimum atomic E-state index is 0.826. The molecular formula is C78H48N4O2.